The molecule has 1 N–H and O–H groups in total. The average molecular weight is 321 g/mol. The second-order valence-corrected chi connectivity index (χ2v) is 5.28. The monoisotopic (exact) mass is 321 g/mol. The van der Waals surface area contributed by atoms with Crippen LogP contribution in [-0.2, 0) is 11.2 Å². The number of benzene rings is 2. The van der Waals surface area contributed by atoms with Crippen LogP contribution in [0.4, 0.5) is 4.39 Å². The van der Waals surface area contributed by atoms with Crippen molar-refractivity contribution in [3.8, 4) is 0 Å². The molecule has 0 unspecified atom stereocenters. The highest BCUT2D eigenvalue weighted by molar-refractivity contribution is 5.91. The van der Waals surface area contributed by atoms with Crippen LogP contribution in [0.1, 0.15) is 11.3 Å². The molecule has 0 spiro atoms. The number of carbonyl (C=O) groups is 1. The summed E-state index contributed by atoms with van der Waals surface area (Å²) in [6.07, 6.45) is 5.34. The van der Waals surface area contributed by atoms with Gasteiger partial charge in [0, 0.05) is 12.6 Å². The predicted octanol–water partition coefficient (Wildman–Crippen LogP) is 3.14. The quantitative estimate of drug-likeness (QED) is 0.735. The third kappa shape index (κ3) is 4.23. The maximum absolute atomic E-state index is 12.8. The molecule has 5 heteroatoms. The van der Waals surface area contributed by atoms with E-state index in [9.17, 15) is 9.18 Å². The fourth-order valence-electron chi connectivity index (χ4n) is 2.25. The zero-order valence-corrected chi connectivity index (χ0v) is 12.9. The van der Waals surface area contributed by atoms with Crippen molar-refractivity contribution in [2.75, 3.05) is 6.54 Å². The standard InChI is InChI=1S/C19H16FN3O/c20-15-7-5-14(6-8-15)11-12-21-19(24)10-9-16-13-22-17-3-1-2-4-18(17)23-16/h1-10,13H,11-12H2,(H,21,24)/b10-9+. The molecule has 3 aromatic rings. The summed E-state index contributed by atoms with van der Waals surface area (Å²) in [5.74, 6) is -0.464. The average Bonchev–Trinajstić information content (AvgIpc) is 2.61. The number of hydrogen-bond donors (Lipinski definition) is 1. The van der Waals surface area contributed by atoms with E-state index < -0.39 is 0 Å². The van der Waals surface area contributed by atoms with E-state index in [1.165, 1.54) is 18.2 Å². The molecule has 1 aromatic heterocycles. The van der Waals surface area contributed by atoms with Crippen LogP contribution in [0.3, 0.4) is 0 Å². The molecular formula is C19H16FN3O. The summed E-state index contributed by atoms with van der Waals surface area (Å²) < 4.78 is 12.8. The molecule has 0 aliphatic heterocycles. The number of nitrogens with one attached hydrogen (secondary N) is 1. The van der Waals surface area contributed by atoms with Gasteiger partial charge >= 0.3 is 0 Å². The van der Waals surface area contributed by atoms with Crippen molar-refractivity contribution in [2.24, 2.45) is 0 Å². The van der Waals surface area contributed by atoms with Crippen LogP contribution >= 0.6 is 0 Å². The molecule has 1 amide bonds. The normalized spacial score (nSPS) is 11.0. The molecule has 0 bridgehead atoms. The van der Waals surface area contributed by atoms with E-state index >= 15 is 0 Å². The minimum atomic E-state index is -0.262. The van der Waals surface area contributed by atoms with Gasteiger partial charge in [-0.2, -0.15) is 0 Å². The molecule has 3 rings (SSSR count). The number of rotatable bonds is 5. The second kappa shape index (κ2) is 7.46. The van der Waals surface area contributed by atoms with E-state index in [4.69, 9.17) is 0 Å². The predicted molar refractivity (Wildman–Crippen MR) is 91.7 cm³/mol. The molecule has 0 saturated carbocycles. The van der Waals surface area contributed by atoms with Gasteiger partial charge in [0.2, 0.25) is 5.91 Å². The van der Waals surface area contributed by atoms with Gasteiger partial charge in [-0.25, -0.2) is 9.37 Å². The molecule has 0 radical (unpaired) electrons. The molecule has 120 valence electrons. The molecule has 1 heterocycles. The van der Waals surface area contributed by atoms with E-state index in [-0.39, 0.29) is 11.7 Å². The van der Waals surface area contributed by atoms with E-state index in [2.05, 4.69) is 15.3 Å². The number of carbonyl (C=O) groups excluding carboxylic acids is 1. The molecule has 0 atom stereocenters. The number of fused-ring (bicyclic) bond motifs is 1. The number of aromatic nitrogens is 2. The van der Waals surface area contributed by atoms with Gasteiger partial charge in [0.1, 0.15) is 5.82 Å². The lowest BCUT2D eigenvalue weighted by molar-refractivity contribution is -0.116. The highest BCUT2D eigenvalue weighted by atomic mass is 19.1. The Labute approximate surface area is 139 Å². The highest BCUT2D eigenvalue weighted by Gasteiger charge is 1.99. The van der Waals surface area contributed by atoms with Crippen molar-refractivity contribution < 1.29 is 9.18 Å². The number of amides is 1. The van der Waals surface area contributed by atoms with Crippen LogP contribution in [-0.4, -0.2) is 22.4 Å². The van der Waals surface area contributed by atoms with Gasteiger partial charge in [0.05, 0.1) is 22.9 Å². The van der Waals surface area contributed by atoms with Crippen LogP contribution in [0.5, 0.6) is 0 Å². The maximum Gasteiger partial charge on any atom is 0.244 e. The Balaban J connectivity index is 1.53. The molecule has 0 aliphatic rings. The van der Waals surface area contributed by atoms with Crippen molar-refractivity contribution in [2.45, 2.75) is 6.42 Å². The zero-order chi connectivity index (χ0) is 16.8. The summed E-state index contributed by atoms with van der Waals surface area (Å²) in [4.78, 5) is 20.5. The Bertz CT molecular complexity index is 875. The van der Waals surface area contributed by atoms with E-state index in [1.54, 1.807) is 24.4 Å². The Morgan fingerprint density at radius 3 is 2.62 bits per heavy atom. The van der Waals surface area contributed by atoms with E-state index in [0.717, 1.165) is 16.6 Å². The smallest absolute Gasteiger partial charge is 0.244 e. The third-order valence-electron chi connectivity index (χ3n) is 3.50. The van der Waals surface area contributed by atoms with Crippen LogP contribution < -0.4 is 5.32 Å². The van der Waals surface area contributed by atoms with Crippen molar-refractivity contribution in [3.63, 3.8) is 0 Å². The summed E-state index contributed by atoms with van der Waals surface area (Å²) in [6.45, 7) is 0.484. The summed E-state index contributed by atoms with van der Waals surface area (Å²) in [7, 11) is 0. The first-order chi connectivity index (χ1) is 11.7. The highest BCUT2D eigenvalue weighted by Crippen LogP contribution is 2.09. The maximum atomic E-state index is 12.8. The molecule has 4 nitrogen and oxygen atoms in total. The topological polar surface area (TPSA) is 54.9 Å². The van der Waals surface area contributed by atoms with Gasteiger partial charge in [-0.15, -0.1) is 0 Å². The van der Waals surface area contributed by atoms with Crippen LogP contribution in [0, 0.1) is 5.82 Å². The summed E-state index contributed by atoms with van der Waals surface area (Å²) in [5.41, 5.74) is 3.21. The lowest BCUT2D eigenvalue weighted by atomic mass is 10.1. The van der Waals surface area contributed by atoms with Crippen molar-refractivity contribution in [3.05, 3.63) is 77.9 Å². The van der Waals surface area contributed by atoms with Crippen molar-refractivity contribution in [1.29, 1.82) is 0 Å². The van der Waals surface area contributed by atoms with Gasteiger partial charge in [-0.05, 0) is 42.3 Å². The largest absolute Gasteiger partial charge is 0.352 e. The summed E-state index contributed by atoms with van der Waals surface area (Å²) in [5, 5.41) is 2.79. The Morgan fingerprint density at radius 1 is 1.08 bits per heavy atom. The number of para-hydroxylation sites is 2. The summed E-state index contributed by atoms with van der Waals surface area (Å²) >= 11 is 0. The van der Waals surface area contributed by atoms with Crippen LogP contribution in [0.25, 0.3) is 17.1 Å². The fourth-order valence-corrected chi connectivity index (χ4v) is 2.25. The molecule has 0 aliphatic carbocycles. The van der Waals surface area contributed by atoms with Crippen LogP contribution in [0.2, 0.25) is 0 Å². The van der Waals surface area contributed by atoms with Gasteiger partial charge in [-0.3, -0.25) is 9.78 Å². The van der Waals surface area contributed by atoms with Crippen LogP contribution in [0.15, 0.2) is 60.8 Å². The summed E-state index contributed by atoms with van der Waals surface area (Å²) in [6, 6.07) is 13.8. The van der Waals surface area contributed by atoms with E-state index in [0.29, 0.717) is 18.7 Å². The first-order valence-electron chi connectivity index (χ1n) is 7.63. The van der Waals surface area contributed by atoms with E-state index in [1.807, 2.05) is 24.3 Å². The SMILES string of the molecule is O=C(/C=C/c1cnc2ccccc2n1)NCCc1ccc(F)cc1. The number of nitrogens with zero attached hydrogens (tertiary/aromatic N) is 2. The van der Waals surface area contributed by atoms with Crippen molar-refractivity contribution >= 4 is 23.0 Å². The molecular weight excluding hydrogens is 305 g/mol. The first-order valence-corrected chi connectivity index (χ1v) is 7.63. The lowest BCUT2D eigenvalue weighted by Gasteiger charge is -2.03. The van der Waals surface area contributed by atoms with Gasteiger partial charge in [0.15, 0.2) is 0 Å². The minimum Gasteiger partial charge on any atom is -0.352 e. The zero-order valence-electron chi connectivity index (χ0n) is 12.9. The Kier molecular flexibility index (Phi) is 4.91. The Hall–Kier alpha value is -3.08. The second-order valence-electron chi connectivity index (χ2n) is 5.28. The van der Waals surface area contributed by atoms with Gasteiger partial charge in [-0.1, -0.05) is 24.3 Å². The Morgan fingerprint density at radius 2 is 1.83 bits per heavy atom. The van der Waals surface area contributed by atoms with Gasteiger partial charge in [0.25, 0.3) is 0 Å². The first kappa shape index (κ1) is 15.8. The molecule has 2 aromatic carbocycles. The minimum absolute atomic E-state index is 0.202. The lowest BCUT2D eigenvalue weighted by Crippen LogP contribution is -2.23. The number of hydrogen-bond acceptors (Lipinski definition) is 3. The molecule has 0 fully saturated rings. The fraction of sp³-hybridized carbons (Fsp3) is 0.105. The molecule has 24 heavy (non-hydrogen) atoms. The van der Waals surface area contributed by atoms with Gasteiger partial charge < -0.3 is 5.32 Å². The number of halogens is 1. The molecule has 0 saturated heterocycles. The third-order valence-corrected chi connectivity index (χ3v) is 3.50. The van der Waals surface area contributed by atoms with Crippen molar-refractivity contribution in [1.82, 2.24) is 15.3 Å².